The predicted octanol–water partition coefficient (Wildman–Crippen LogP) is 3.51. The van der Waals surface area contributed by atoms with Crippen molar-refractivity contribution in [2.45, 2.75) is 46.3 Å². The van der Waals surface area contributed by atoms with E-state index in [-0.39, 0.29) is 12.2 Å². The van der Waals surface area contributed by atoms with Crippen molar-refractivity contribution in [2.24, 2.45) is 11.7 Å². The van der Waals surface area contributed by atoms with E-state index in [9.17, 15) is 0 Å². The van der Waals surface area contributed by atoms with Gasteiger partial charge < -0.3 is 10.5 Å². The van der Waals surface area contributed by atoms with Crippen LogP contribution in [-0.2, 0) is 4.74 Å². The van der Waals surface area contributed by atoms with E-state index in [0.29, 0.717) is 12.5 Å². The van der Waals surface area contributed by atoms with E-state index >= 15 is 0 Å². The van der Waals surface area contributed by atoms with E-state index in [1.54, 1.807) is 11.3 Å². The minimum atomic E-state index is 0.0625. The van der Waals surface area contributed by atoms with Crippen LogP contribution in [0.3, 0.4) is 0 Å². The quantitative estimate of drug-likeness (QED) is 0.827. The molecule has 0 fully saturated rings. The first-order valence-corrected chi connectivity index (χ1v) is 6.76. The molecule has 1 aromatic heterocycles. The molecule has 0 aliphatic rings. The number of rotatable bonds is 6. The highest BCUT2D eigenvalue weighted by atomic mass is 32.1. The minimum Gasteiger partial charge on any atom is -0.368 e. The first-order chi connectivity index (χ1) is 7.52. The molecule has 2 N–H and O–H groups in total. The third-order valence-corrected chi connectivity index (χ3v) is 3.59. The molecule has 1 heterocycles. The summed E-state index contributed by atoms with van der Waals surface area (Å²) >= 11 is 1.78. The molecule has 2 atom stereocenters. The summed E-state index contributed by atoms with van der Waals surface area (Å²) in [5.74, 6) is 0.665. The monoisotopic (exact) mass is 241 g/mol. The van der Waals surface area contributed by atoms with Gasteiger partial charge in [-0.3, -0.25) is 0 Å². The molecule has 0 saturated heterocycles. The topological polar surface area (TPSA) is 35.2 Å². The van der Waals surface area contributed by atoms with Crippen LogP contribution in [0.4, 0.5) is 0 Å². The van der Waals surface area contributed by atoms with Crippen molar-refractivity contribution in [1.29, 1.82) is 0 Å². The van der Waals surface area contributed by atoms with Crippen LogP contribution in [0.5, 0.6) is 0 Å². The highest BCUT2D eigenvalue weighted by Crippen LogP contribution is 2.26. The molecular weight excluding hydrogens is 218 g/mol. The van der Waals surface area contributed by atoms with Gasteiger partial charge in [-0.15, -0.1) is 11.3 Å². The minimum absolute atomic E-state index is 0.0625. The Hall–Kier alpha value is -0.380. The first-order valence-electron chi connectivity index (χ1n) is 5.94. The van der Waals surface area contributed by atoms with Gasteiger partial charge in [0.1, 0.15) is 6.10 Å². The van der Waals surface area contributed by atoms with Crippen molar-refractivity contribution in [3.05, 3.63) is 21.9 Å². The lowest BCUT2D eigenvalue weighted by molar-refractivity contribution is -0.00658. The summed E-state index contributed by atoms with van der Waals surface area (Å²) in [5, 5.41) is 0. The third kappa shape index (κ3) is 4.24. The summed E-state index contributed by atoms with van der Waals surface area (Å²) in [6.07, 6.45) is 1.42. The highest BCUT2D eigenvalue weighted by Gasteiger charge is 2.16. The molecule has 0 radical (unpaired) electrons. The number of ether oxygens (including phenoxy) is 1. The summed E-state index contributed by atoms with van der Waals surface area (Å²) < 4.78 is 6.00. The fourth-order valence-electron chi connectivity index (χ4n) is 1.87. The maximum Gasteiger partial charge on any atom is 0.104 e. The van der Waals surface area contributed by atoms with Gasteiger partial charge in [-0.25, -0.2) is 0 Å². The Morgan fingerprint density at radius 2 is 2.00 bits per heavy atom. The van der Waals surface area contributed by atoms with Crippen molar-refractivity contribution < 1.29 is 4.74 Å². The van der Waals surface area contributed by atoms with Gasteiger partial charge in [-0.1, -0.05) is 13.8 Å². The Bertz CT molecular complexity index is 309. The summed E-state index contributed by atoms with van der Waals surface area (Å²) in [7, 11) is 0. The van der Waals surface area contributed by atoms with E-state index in [1.165, 1.54) is 9.75 Å². The smallest absolute Gasteiger partial charge is 0.104 e. The van der Waals surface area contributed by atoms with Gasteiger partial charge in [0.25, 0.3) is 0 Å². The predicted molar refractivity (Wildman–Crippen MR) is 70.9 cm³/mol. The van der Waals surface area contributed by atoms with Crippen molar-refractivity contribution in [2.75, 3.05) is 6.54 Å². The van der Waals surface area contributed by atoms with E-state index < -0.39 is 0 Å². The van der Waals surface area contributed by atoms with Crippen LogP contribution >= 0.6 is 11.3 Å². The van der Waals surface area contributed by atoms with Gasteiger partial charge in [-0.2, -0.15) is 0 Å². The average molecular weight is 241 g/mol. The van der Waals surface area contributed by atoms with Gasteiger partial charge in [0.05, 0.1) is 6.10 Å². The fraction of sp³-hybridized carbons (Fsp3) is 0.692. The zero-order chi connectivity index (χ0) is 12.1. The number of hydrogen-bond donors (Lipinski definition) is 1. The Balaban J connectivity index is 2.55. The summed E-state index contributed by atoms with van der Waals surface area (Å²) in [6, 6.07) is 4.25. The van der Waals surface area contributed by atoms with E-state index in [0.717, 1.165) is 6.42 Å². The molecule has 2 nitrogen and oxygen atoms in total. The number of thiophene rings is 1. The zero-order valence-corrected chi connectivity index (χ0v) is 11.5. The molecular formula is C13H23NOS. The normalized spacial score (nSPS) is 15.4. The van der Waals surface area contributed by atoms with Crippen LogP contribution in [0.2, 0.25) is 0 Å². The van der Waals surface area contributed by atoms with E-state index in [1.807, 2.05) is 0 Å². The van der Waals surface area contributed by atoms with Gasteiger partial charge >= 0.3 is 0 Å². The summed E-state index contributed by atoms with van der Waals surface area (Å²) in [4.78, 5) is 2.56. The Labute approximate surface area is 103 Å². The van der Waals surface area contributed by atoms with Gasteiger partial charge in [-0.05, 0) is 38.3 Å². The van der Waals surface area contributed by atoms with Crippen molar-refractivity contribution in [3.63, 3.8) is 0 Å². The largest absolute Gasteiger partial charge is 0.368 e. The molecule has 1 rings (SSSR count). The number of hydrogen-bond acceptors (Lipinski definition) is 3. The van der Waals surface area contributed by atoms with E-state index in [4.69, 9.17) is 10.5 Å². The third-order valence-electron chi connectivity index (χ3n) is 2.49. The lowest BCUT2D eigenvalue weighted by Gasteiger charge is -2.21. The van der Waals surface area contributed by atoms with Crippen LogP contribution < -0.4 is 5.73 Å². The van der Waals surface area contributed by atoms with Crippen molar-refractivity contribution in [3.8, 4) is 0 Å². The molecule has 16 heavy (non-hydrogen) atoms. The standard InChI is InChI=1S/C13H23NOS/c1-9(2)7-10(3)15-12(8-14)13-6-5-11(4)16-13/h5-6,9-10,12H,7-8,14H2,1-4H3. The summed E-state index contributed by atoms with van der Waals surface area (Å²) in [5.41, 5.74) is 5.77. The SMILES string of the molecule is Cc1ccc(C(CN)OC(C)CC(C)C)s1. The molecule has 0 aliphatic heterocycles. The van der Waals surface area contributed by atoms with Gasteiger partial charge in [0.2, 0.25) is 0 Å². The molecule has 1 aromatic rings. The van der Waals surface area contributed by atoms with Gasteiger partial charge in [0.15, 0.2) is 0 Å². The molecule has 0 spiro atoms. The van der Waals surface area contributed by atoms with Crippen LogP contribution in [0.15, 0.2) is 12.1 Å². The average Bonchev–Trinajstić information content (AvgIpc) is 2.60. The first kappa shape index (κ1) is 13.7. The molecule has 0 amide bonds. The number of aryl methyl sites for hydroxylation is 1. The Kier molecular flexibility index (Phi) is 5.46. The van der Waals surface area contributed by atoms with Crippen molar-refractivity contribution in [1.82, 2.24) is 0 Å². The second kappa shape index (κ2) is 6.38. The molecule has 0 saturated carbocycles. The second-order valence-corrected chi connectivity index (χ2v) is 6.07. The maximum absolute atomic E-state index is 6.00. The number of nitrogens with two attached hydrogens (primary N) is 1. The highest BCUT2D eigenvalue weighted by molar-refractivity contribution is 7.12. The molecule has 0 aliphatic carbocycles. The summed E-state index contributed by atoms with van der Waals surface area (Å²) in [6.45, 7) is 9.23. The maximum atomic E-state index is 6.00. The Morgan fingerprint density at radius 1 is 1.31 bits per heavy atom. The van der Waals surface area contributed by atoms with Crippen LogP contribution in [-0.4, -0.2) is 12.6 Å². The molecule has 0 aromatic carbocycles. The lowest BCUT2D eigenvalue weighted by Crippen LogP contribution is -2.21. The van der Waals surface area contributed by atoms with Crippen LogP contribution in [0.1, 0.15) is 43.1 Å². The van der Waals surface area contributed by atoms with Crippen LogP contribution in [0, 0.1) is 12.8 Å². The molecule has 2 unspecified atom stereocenters. The van der Waals surface area contributed by atoms with Crippen molar-refractivity contribution >= 4 is 11.3 Å². The van der Waals surface area contributed by atoms with Crippen LogP contribution in [0.25, 0.3) is 0 Å². The second-order valence-electron chi connectivity index (χ2n) is 4.75. The molecule has 0 bridgehead atoms. The van der Waals surface area contributed by atoms with Gasteiger partial charge in [0, 0.05) is 16.3 Å². The fourth-order valence-corrected chi connectivity index (χ4v) is 2.79. The lowest BCUT2D eigenvalue weighted by atomic mass is 10.1. The Morgan fingerprint density at radius 3 is 2.44 bits per heavy atom. The van der Waals surface area contributed by atoms with E-state index in [2.05, 4.69) is 39.8 Å². The zero-order valence-electron chi connectivity index (χ0n) is 10.7. The molecule has 92 valence electrons. The molecule has 3 heteroatoms.